The van der Waals surface area contributed by atoms with Gasteiger partial charge in [-0.2, -0.15) is 0 Å². The molecular weight excluding hydrogens is 242 g/mol. The first kappa shape index (κ1) is 12.0. The molecule has 1 aliphatic rings. The molecular formula is C9H9N5O4. The molecule has 0 spiro atoms. The van der Waals surface area contributed by atoms with Crippen LogP contribution in [0.5, 0.6) is 0 Å². The number of aromatic nitrogens is 2. The van der Waals surface area contributed by atoms with Gasteiger partial charge in [0, 0.05) is 17.2 Å². The predicted octanol–water partition coefficient (Wildman–Crippen LogP) is -0.381. The summed E-state index contributed by atoms with van der Waals surface area (Å²) in [5.41, 5.74) is 7.05. The second-order valence-electron chi connectivity index (χ2n) is 3.63. The van der Waals surface area contributed by atoms with Crippen LogP contribution in [0, 0.1) is 0 Å². The Morgan fingerprint density at radius 3 is 2.94 bits per heavy atom. The Morgan fingerprint density at radius 2 is 2.33 bits per heavy atom. The van der Waals surface area contributed by atoms with Crippen molar-refractivity contribution in [2.24, 2.45) is 5.11 Å². The first-order chi connectivity index (χ1) is 8.54. The van der Waals surface area contributed by atoms with Gasteiger partial charge in [-0.05, 0) is 5.53 Å². The minimum Gasteiger partial charge on any atom is -0.472 e. The summed E-state index contributed by atoms with van der Waals surface area (Å²) in [5.74, 6) is 0.0587. The van der Waals surface area contributed by atoms with E-state index < -0.39 is 29.6 Å². The molecule has 1 fully saturated rings. The van der Waals surface area contributed by atoms with Crippen molar-refractivity contribution in [3.63, 3.8) is 0 Å². The molecule has 2 N–H and O–H groups in total. The summed E-state index contributed by atoms with van der Waals surface area (Å²) in [6, 6.07) is 0.139. The van der Waals surface area contributed by atoms with Gasteiger partial charge in [-0.3, -0.25) is 14.3 Å². The maximum absolute atomic E-state index is 11.5. The highest BCUT2D eigenvalue weighted by molar-refractivity contribution is 5.09. The highest BCUT2D eigenvalue weighted by Crippen LogP contribution is 2.31. The van der Waals surface area contributed by atoms with Crippen molar-refractivity contribution in [3.05, 3.63) is 55.9 Å². The zero-order valence-corrected chi connectivity index (χ0v) is 9.05. The van der Waals surface area contributed by atoms with Crippen LogP contribution in [0.3, 0.4) is 0 Å². The molecule has 0 bridgehead atoms. The fourth-order valence-corrected chi connectivity index (χ4v) is 1.68. The van der Waals surface area contributed by atoms with Crippen molar-refractivity contribution < 1.29 is 9.84 Å². The maximum Gasteiger partial charge on any atom is 0.331 e. The maximum atomic E-state index is 11.5. The van der Waals surface area contributed by atoms with Crippen molar-refractivity contribution in [1.82, 2.24) is 9.55 Å². The summed E-state index contributed by atoms with van der Waals surface area (Å²) >= 11 is 0. The Hall–Kier alpha value is -2.51. The van der Waals surface area contributed by atoms with Gasteiger partial charge in [0.25, 0.3) is 5.56 Å². The lowest BCUT2D eigenvalue weighted by atomic mass is 10.1. The van der Waals surface area contributed by atoms with Crippen molar-refractivity contribution in [3.8, 4) is 0 Å². The monoisotopic (exact) mass is 251 g/mol. The van der Waals surface area contributed by atoms with Gasteiger partial charge >= 0.3 is 5.69 Å². The highest BCUT2D eigenvalue weighted by atomic mass is 16.5. The second-order valence-corrected chi connectivity index (χ2v) is 3.63. The highest BCUT2D eigenvalue weighted by Gasteiger charge is 2.40. The third kappa shape index (κ3) is 1.88. The number of H-pyrrole nitrogens is 1. The third-order valence-electron chi connectivity index (χ3n) is 2.52. The van der Waals surface area contributed by atoms with Gasteiger partial charge in [0.1, 0.15) is 17.9 Å². The fraction of sp³-hybridized carbons (Fsp3) is 0.333. The number of aliphatic hydroxyl groups is 1. The zero-order valence-electron chi connectivity index (χ0n) is 9.05. The van der Waals surface area contributed by atoms with E-state index in [0.29, 0.717) is 0 Å². The summed E-state index contributed by atoms with van der Waals surface area (Å²) in [6.45, 7) is 3.49. The molecule has 2 rings (SSSR count). The molecule has 1 aromatic rings. The van der Waals surface area contributed by atoms with Gasteiger partial charge in [0.15, 0.2) is 0 Å². The minimum atomic E-state index is -1.25. The predicted molar refractivity (Wildman–Crippen MR) is 59.5 cm³/mol. The number of hydrogen-bond donors (Lipinski definition) is 2. The average molecular weight is 251 g/mol. The van der Waals surface area contributed by atoms with Crippen molar-refractivity contribution in [1.29, 1.82) is 0 Å². The first-order valence-corrected chi connectivity index (χ1v) is 4.94. The molecule has 0 radical (unpaired) electrons. The molecule has 1 aromatic heterocycles. The lowest BCUT2D eigenvalue weighted by Crippen LogP contribution is -2.36. The molecule has 1 saturated heterocycles. The number of hydrogen-bond acceptors (Lipinski definition) is 5. The Labute approximate surface area is 99.6 Å². The minimum absolute atomic E-state index is 0.0587. The van der Waals surface area contributed by atoms with Crippen molar-refractivity contribution >= 4 is 0 Å². The number of nitrogens with zero attached hydrogens (tertiary/aromatic N) is 4. The molecule has 1 unspecified atom stereocenters. The van der Waals surface area contributed by atoms with E-state index >= 15 is 0 Å². The van der Waals surface area contributed by atoms with Crippen molar-refractivity contribution in [2.75, 3.05) is 0 Å². The SMILES string of the molecule is C=C1O[C@@H](n2ccc(=O)[nH]c2=O)[C@H](O)C1N=[N+]=[N-]. The van der Waals surface area contributed by atoms with E-state index in [-0.39, 0.29) is 5.76 Å². The molecule has 0 aliphatic carbocycles. The standard InChI is InChI=1S/C9H9N5O4/c1-4-6(12-13-10)7(16)8(18-4)14-3-2-5(15)11-9(14)17/h2-3,6-8,16H,1H2,(H,11,15,17)/t6?,7-,8-/m1/s1. The van der Waals surface area contributed by atoms with Gasteiger partial charge in [-0.1, -0.05) is 11.7 Å². The molecule has 3 atom stereocenters. The number of rotatable bonds is 2. The van der Waals surface area contributed by atoms with E-state index in [2.05, 4.69) is 16.6 Å². The topological polar surface area (TPSA) is 133 Å². The number of nitrogens with one attached hydrogen (secondary N) is 1. The largest absolute Gasteiger partial charge is 0.472 e. The summed E-state index contributed by atoms with van der Waals surface area (Å²) in [5, 5.41) is 13.2. The smallest absolute Gasteiger partial charge is 0.331 e. The number of azide groups is 1. The van der Waals surface area contributed by atoms with Crippen LogP contribution in [0.4, 0.5) is 0 Å². The summed E-state index contributed by atoms with van der Waals surface area (Å²) < 4.78 is 6.17. The van der Waals surface area contributed by atoms with Crippen LogP contribution in [0.1, 0.15) is 6.23 Å². The molecule has 18 heavy (non-hydrogen) atoms. The number of aliphatic hydroxyl groups excluding tert-OH is 1. The molecule has 0 aromatic carbocycles. The van der Waals surface area contributed by atoms with Gasteiger partial charge in [-0.25, -0.2) is 4.79 Å². The van der Waals surface area contributed by atoms with Gasteiger partial charge in [0.05, 0.1) is 0 Å². The van der Waals surface area contributed by atoms with Gasteiger partial charge < -0.3 is 9.84 Å². The van der Waals surface area contributed by atoms with Gasteiger partial charge in [-0.15, -0.1) is 0 Å². The molecule has 2 heterocycles. The fourth-order valence-electron chi connectivity index (χ4n) is 1.68. The van der Waals surface area contributed by atoms with E-state index in [0.717, 1.165) is 10.6 Å². The second kappa shape index (κ2) is 4.40. The molecule has 9 nitrogen and oxygen atoms in total. The summed E-state index contributed by atoms with van der Waals surface area (Å²) in [6.07, 6.45) is -1.16. The van der Waals surface area contributed by atoms with E-state index in [1.165, 1.54) is 6.20 Å². The van der Waals surface area contributed by atoms with E-state index in [4.69, 9.17) is 10.3 Å². The summed E-state index contributed by atoms with van der Waals surface area (Å²) in [4.78, 5) is 27.0. The Morgan fingerprint density at radius 1 is 1.61 bits per heavy atom. The molecule has 0 amide bonds. The lowest BCUT2D eigenvalue weighted by molar-refractivity contribution is 0.00335. The summed E-state index contributed by atoms with van der Waals surface area (Å²) in [7, 11) is 0. The molecule has 9 heteroatoms. The van der Waals surface area contributed by atoms with Crippen LogP contribution in [-0.2, 0) is 4.74 Å². The van der Waals surface area contributed by atoms with Crippen LogP contribution in [0.25, 0.3) is 10.4 Å². The van der Waals surface area contributed by atoms with Gasteiger partial charge in [0.2, 0.25) is 6.23 Å². The van der Waals surface area contributed by atoms with E-state index in [1.54, 1.807) is 0 Å². The average Bonchev–Trinajstić information content (AvgIpc) is 2.58. The quantitative estimate of drug-likeness (QED) is 0.421. The molecule has 94 valence electrons. The molecule has 1 aliphatic heterocycles. The van der Waals surface area contributed by atoms with Crippen LogP contribution in [0.15, 0.2) is 39.3 Å². The van der Waals surface area contributed by atoms with E-state index in [1.807, 2.05) is 4.98 Å². The number of ether oxygens (including phenoxy) is 1. The Bertz CT molecular complexity index is 641. The molecule has 0 saturated carbocycles. The Kier molecular flexibility index (Phi) is 2.92. The van der Waals surface area contributed by atoms with Crippen LogP contribution in [-0.4, -0.2) is 26.8 Å². The number of aromatic amines is 1. The third-order valence-corrected chi connectivity index (χ3v) is 2.52. The first-order valence-electron chi connectivity index (χ1n) is 4.94. The normalized spacial score (nSPS) is 26.5. The van der Waals surface area contributed by atoms with Crippen LogP contribution in [0.2, 0.25) is 0 Å². The van der Waals surface area contributed by atoms with E-state index in [9.17, 15) is 14.7 Å². The Balaban J connectivity index is 2.41. The van der Waals surface area contributed by atoms with Crippen molar-refractivity contribution in [2.45, 2.75) is 18.4 Å². The lowest BCUT2D eigenvalue weighted by Gasteiger charge is -2.16. The van der Waals surface area contributed by atoms with Crippen LogP contribution < -0.4 is 11.2 Å². The van der Waals surface area contributed by atoms with Crippen LogP contribution >= 0.6 is 0 Å². The zero-order chi connectivity index (χ0) is 13.3.